The summed E-state index contributed by atoms with van der Waals surface area (Å²) in [6.45, 7) is 10.5. The lowest BCUT2D eigenvalue weighted by Crippen LogP contribution is -2.42. The zero-order valence-corrected chi connectivity index (χ0v) is 16.9. The van der Waals surface area contributed by atoms with Crippen LogP contribution in [0.15, 0.2) is 29.3 Å². The van der Waals surface area contributed by atoms with Crippen LogP contribution < -0.4 is 5.32 Å². The zero-order valence-electron chi connectivity index (χ0n) is 16.9. The third kappa shape index (κ3) is 4.62. The summed E-state index contributed by atoms with van der Waals surface area (Å²) in [5, 5.41) is 3.35. The number of halogens is 3. The second kappa shape index (κ2) is 7.93. The maximum absolute atomic E-state index is 13.1. The van der Waals surface area contributed by atoms with Crippen LogP contribution in [0.4, 0.5) is 13.2 Å². The zero-order chi connectivity index (χ0) is 20.4. The molecule has 1 unspecified atom stereocenters. The molecule has 28 heavy (non-hydrogen) atoms. The van der Waals surface area contributed by atoms with Crippen LogP contribution in [0.2, 0.25) is 0 Å². The van der Waals surface area contributed by atoms with Gasteiger partial charge in [-0.3, -0.25) is 4.99 Å². The number of rotatable bonds is 4. The number of ether oxygens (including phenoxy) is 1. The molecule has 1 aromatic carbocycles. The first-order valence-electron chi connectivity index (χ1n) is 9.94. The van der Waals surface area contributed by atoms with Gasteiger partial charge in [-0.15, -0.1) is 0 Å². The molecule has 0 aromatic heterocycles. The second-order valence-corrected chi connectivity index (χ2v) is 8.61. The molecule has 2 fully saturated rings. The van der Waals surface area contributed by atoms with Crippen LogP contribution in [0, 0.1) is 5.41 Å². The van der Waals surface area contributed by atoms with Gasteiger partial charge in [0.25, 0.3) is 0 Å². The molecule has 2 aliphatic rings. The Morgan fingerprint density at radius 1 is 1.25 bits per heavy atom. The number of nitrogens with zero attached hydrogens (tertiary/aromatic N) is 2. The van der Waals surface area contributed by atoms with E-state index < -0.39 is 17.2 Å². The number of hydrogen-bond donors (Lipinski definition) is 1. The lowest BCUT2D eigenvalue weighted by atomic mass is 9.84. The first-order valence-corrected chi connectivity index (χ1v) is 9.94. The largest absolute Gasteiger partial charge is 0.416 e. The average Bonchev–Trinajstić information content (AvgIpc) is 3.28. The molecule has 156 valence electrons. The molecular weight excluding hydrogens is 367 g/mol. The number of nitrogens with one attached hydrogen (secondary N) is 1. The van der Waals surface area contributed by atoms with E-state index in [1.165, 1.54) is 12.1 Å². The molecule has 0 amide bonds. The third-order valence-corrected chi connectivity index (χ3v) is 5.85. The van der Waals surface area contributed by atoms with E-state index in [0.29, 0.717) is 12.1 Å². The van der Waals surface area contributed by atoms with Gasteiger partial charge in [-0.05, 0) is 31.4 Å². The summed E-state index contributed by atoms with van der Waals surface area (Å²) in [5.41, 5.74) is -0.247. The highest BCUT2D eigenvalue weighted by Crippen LogP contribution is 2.38. The van der Waals surface area contributed by atoms with Gasteiger partial charge < -0.3 is 15.0 Å². The standard InChI is InChI=1S/C21H30F3N3O/c1-4-25-18(27-10-8-20(14-27)9-11-28-15-20)26-13-19(2,3)16-6-5-7-17(12-16)21(22,23)24/h5-7,12H,4,8-11,13-15H2,1-3H3,(H,25,26). The maximum atomic E-state index is 13.1. The lowest BCUT2D eigenvalue weighted by Gasteiger charge is -2.28. The Balaban J connectivity index is 1.75. The van der Waals surface area contributed by atoms with E-state index in [4.69, 9.17) is 9.73 Å². The molecule has 2 heterocycles. The first-order chi connectivity index (χ1) is 13.2. The number of aliphatic imine (C=N–C) groups is 1. The maximum Gasteiger partial charge on any atom is 0.416 e. The SMILES string of the molecule is CCNC(=NCC(C)(C)c1cccc(C(F)(F)F)c1)N1CCC2(CCOC2)C1. The van der Waals surface area contributed by atoms with Crippen molar-refractivity contribution in [1.29, 1.82) is 0 Å². The van der Waals surface area contributed by atoms with Crippen LogP contribution in [0.25, 0.3) is 0 Å². The summed E-state index contributed by atoms with van der Waals surface area (Å²) >= 11 is 0. The molecule has 4 nitrogen and oxygen atoms in total. The fourth-order valence-corrected chi connectivity index (χ4v) is 3.99. The minimum absolute atomic E-state index is 0.229. The molecule has 1 atom stereocenters. The lowest BCUT2D eigenvalue weighted by molar-refractivity contribution is -0.137. The topological polar surface area (TPSA) is 36.9 Å². The number of guanidine groups is 1. The van der Waals surface area contributed by atoms with E-state index in [1.807, 2.05) is 20.8 Å². The van der Waals surface area contributed by atoms with Gasteiger partial charge >= 0.3 is 6.18 Å². The molecule has 0 saturated carbocycles. The first kappa shape index (κ1) is 21.0. The molecule has 0 bridgehead atoms. The Morgan fingerprint density at radius 2 is 2.00 bits per heavy atom. The van der Waals surface area contributed by atoms with Crippen molar-refractivity contribution >= 4 is 5.96 Å². The summed E-state index contributed by atoms with van der Waals surface area (Å²) in [5.74, 6) is 0.839. The van der Waals surface area contributed by atoms with E-state index >= 15 is 0 Å². The number of alkyl halides is 3. The van der Waals surface area contributed by atoms with Crippen LogP contribution in [0.5, 0.6) is 0 Å². The summed E-state index contributed by atoms with van der Waals surface area (Å²) in [4.78, 5) is 7.06. The van der Waals surface area contributed by atoms with Crippen LogP contribution in [0.1, 0.15) is 44.7 Å². The molecule has 1 N–H and O–H groups in total. The van der Waals surface area contributed by atoms with Gasteiger partial charge in [0.15, 0.2) is 5.96 Å². The molecule has 0 radical (unpaired) electrons. The average molecular weight is 397 g/mol. The minimum Gasteiger partial charge on any atom is -0.381 e. The summed E-state index contributed by atoms with van der Waals surface area (Å²) in [6.07, 6.45) is -2.16. The number of benzene rings is 1. The second-order valence-electron chi connectivity index (χ2n) is 8.61. The van der Waals surface area contributed by atoms with E-state index in [9.17, 15) is 13.2 Å². The van der Waals surface area contributed by atoms with Gasteiger partial charge in [0.05, 0.1) is 18.7 Å². The van der Waals surface area contributed by atoms with Gasteiger partial charge in [-0.25, -0.2) is 0 Å². The van der Waals surface area contributed by atoms with Gasteiger partial charge in [0.1, 0.15) is 0 Å². The molecule has 1 aromatic rings. The van der Waals surface area contributed by atoms with Crippen LogP contribution >= 0.6 is 0 Å². The minimum atomic E-state index is -4.34. The Kier molecular flexibility index (Phi) is 5.94. The quantitative estimate of drug-likeness (QED) is 0.615. The van der Waals surface area contributed by atoms with Crippen molar-refractivity contribution in [3.8, 4) is 0 Å². The van der Waals surface area contributed by atoms with Gasteiger partial charge in [-0.1, -0.05) is 32.0 Å². The van der Waals surface area contributed by atoms with Crippen LogP contribution in [-0.4, -0.2) is 50.3 Å². The van der Waals surface area contributed by atoms with Crippen molar-refractivity contribution in [3.63, 3.8) is 0 Å². The Morgan fingerprint density at radius 3 is 2.64 bits per heavy atom. The summed E-state index contributed by atoms with van der Waals surface area (Å²) < 4.78 is 44.8. The van der Waals surface area contributed by atoms with E-state index in [0.717, 1.165) is 57.7 Å². The Hall–Kier alpha value is -1.76. The van der Waals surface area contributed by atoms with Crippen molar-refractivity contribution in [1.82, 2.24) is 10.2 Å². The van der Waals surface area contributed by atoms with Gasteiger partial charge in [0, 0.05) is 37.1 Å². The monoisotopic (exact) mass is 397 g/mol. The third-order valence-electron chi connectivity index (χ3n) is 5.85. The predicted octanol–water partition coefficient (Wildman–Crippen LogP) is 4.06. The molecule has 3 rings (SSSR count). The van der Waals surface area contributed by atoms with Crippen molar-refractivity contribution in [2.75, 3.05) is 39.4 Å². The smallest absolute Gasteiger partial charge is 0.381 e. The Bertz CT molecular complexity index is 709. The Labute approximate surface area is 165 Å². The van der Waals surface area contributed by atoms with E-state index in [-0.39, 0.29) is 5.41 Å². The summed E-state index contributed by atoms with van der Waals surface area (Å²) in [7, 11) is 0. The number of likely N-dealkylation sites (tertiary alicyclic amines) is 1. The highest BCUT2D eigenvalue weighted by atomic mass is 19.4. The molecular formula is C21H30F3N3O. The van der Waals surface area contributed by atoms with Crippen molar-refractivity contribution in [3.05, 3.63) is 35.4 Å². The fourth-order valence-electron chi connectivity index (χ4n) is 3.99. The van der Waals surface area contributed by atoms with Gasteiger partial charge in [0.2, 0.25) is 0 Å². The summed E-state index contributed by atoms with van der Waals surface area (Å²) in [6, 6.07) is 5.57. The molecule has 2 saturated heterocycles. The van der Waals surface area contributed by atoms with Crippen LogP contribution in [0.3, 0.4) is 0 Å². The van der Waals surface area contributed by atoms with E-state index in [1.54, 1.807) is 6.07 Å². The molecule has 1 spiro atoms. The fraction of sp³-hybridized carbons (Fsp3) is 0.667. The normalized spacial score (nSPS) is 23.6. The molecule has 7 heteroatoms. The van der Waals surface area contributed by atoms with E-state index in [2.05, 4.69) is 10.2 Å². The molecule has 0 aliphatic carbocycles. The molecule has 2 aliphatic heterocycles. The van der Waals surface area contributed by atoms with Gasteiger partial charge in [-0.2, -0.15) is 13.2 Å². The highest BCUT2D eigenvalue weighted by Gasteiger charge is 2.42. The van der Waals surface area contributed by atoms with Crippen molar-refractivity contribution < 1.29 is 17.9 Å². The van der Waals surface area contributed by atoms with Crippen molar-refractivity contribution in [2.45, 2.75) is 45.2 Å². The van der Waals surface area contributed by atoms with Crippen LogP contribution in [-0.2, 0) is 16.3 Å². The number of hydrogen-bond acceptors (Lipinski definition) is 2. The highest BCUT2D eigenvalue weighted by molar-refractivity contribution is 5.80. The van der Waals surface area contributed by atoms with Crippen molar-refractivity contribution in [2.24, 2.45) is 10.4 Å². The predicted molar refractivity (Wildman–Crippen MR) is 105 cm³/mol.